The van der Waals surface area contributed by atoms with Crippen molar-refractivity contribution in [3.8, 4) is 0 Å². The van der Waals surface area contributed by atoms with Gasteiger partial charge >= 0.3 is 0 Å². The second kappa shape index (κ2) is 8.52. The Bertz CT molecular complexity index is 544. The van der Waals surface area contributed by atoms with Crippen LogP contribution >= 0.6 is 12.4 Å². The maximum Gasteiger partial charge on any atom is 0.253 e. The fourth-order valence-corrected chi connectivity index (χ4v) is 1.82. The number of nitrogens with one attached hydrogen (secondary N) is 3. The number of aromatic amines is 1. The number of para-hydroxylation sites is 1. The summed E-state index contributed by atoms with van der Waals surface area (Å²) in [6, 6.07) is 5.56. The van der Waals surface area contributed by atoms with Crippen LogP contribution in [0.25, 0.3) is 10.9 Å². The van der Waals surface area contributed by atoms with Gasteiger partial charge in [-0.25, -0.2) is 0 Å². The van der Waals surface area contributed by atoms with Crippen LogP contribution in [0.3, 0.4) is 0 Å². The first-order valence-corrected chi connectivity index (χ1v) is 6.23. The van der Waals surface area contributed by atoms with Crippen LogP contribution in [0.4, 0.5) is 0 Å². The van der Waals surface area contributed by atoms with Crippen molar-refractivity contribution in [2.45, 2.75) is 0 Å². The lowest BCUT2D eigenvalue weighted by Gasteiger charge is -2.07. The Labute approximate surface area is 123 Å². The zero-order chi connectivity index (χ0) is 13.5. The number of hydrogen-bond donors (Lipinski definition) is 3. The third-order valence-corrected chi connectivity index (χ3v) is 2.79. The molecule has 0 aliphatic heterocycles. The Balaban J connectivity index is 0.00000200. The first-order valence-electron chi connectivity index (χ1n) is 6.23. The summed E-state index contributed by atoms with van der Waals surface area (Å²) < 4.78 is 4.92. The normalized spacial score (nSPS) is 10.2. The van der Waals surface area contributed by atoms with E-state index >= 15 is 0 Å². The van der Waals surface area contributed by atoms with Crippen molar-refractivity contribution >= 4 is 29.2 Å². The monoisotopic (exact) mass is 298 g/mol. The maximum atomic E-state index is 12.0. The number of amides is 1. The van der Waals surface area contributed by atoms with E-state index in [0.717, 1.165) is 17.4 Å². The van der Waals surface area contributed by atoms with E-state index in [-0.39, 0.29) is 18.3 Å². The summed E-state index contributed by atoms with van der Waals surface area (Å²) in [5, 5.41) is 13.8. The van der Waals surface area contributed by atoms with Gasteiger partial charge in [-0.05, 0) is 6.07 Å². The number of fused-ring (bicyclic) bond motifs is 1. The van der Waals surface area contributed by atoms with Crippen molar-refractivity contribution in [3.05, 3.63) is 30.0 Å². The average Bonchev–Trinajstić information content (AvgIpc) is 2.90. The molecule has 1 aromatic heterocycles. The van der Waals surface area contributed by atoms with Gasteiger partial charge in [-0.15, -0.1) is 12.4 Å². The molecule has 0 saturated heterocycles. The van der Waals surface area contributed by atoms with Crippen molar-refractivity contribution in [3.63, 3.8) is 0 Å². The molecular weight excluding hydrogens is 280 g/mol. The highest BCUT2D eigenvalue weighted by molar-refractivity contribution is 6.05. The minimum atomic E-state index is -0.0941. The molecule has 1 heterocycles. The SMILES string of the molecule is COCCNCCNC(=O)c1cccc2cn[nH]c12.Cl. The smallest absolute Gasteiger partial charge is 0.253 e. The lowest BCUT2D eigenvalue weighted by molar-refractivity contribution is 0.0955. The fraction of sp³-hybridized carbons (Fsp3) is 0.385. The molecular formula is C13H19ClN4O2. The van der Waals surface area contributed by atoms with E-state index in [2.05, 4.69) is 20.8 Å². The third-order valence-electron chi connectivity index (χ3n) is 2.79. The summed E-state index contributed by atoms with van der Waals surface area (Å²) in [6.07, 6.45) is 1.71. The quantitative estimate of drug-likeness (QED) is 0.665. The Morgan fingerprint density at radius 3 is 3.00 bits per heavy atom. The van der Waals surface area contributed by atoms with E-state index in [1.54, 1.807) is 19.4 Å². The molecule has 7 heteroatoms. The summed E-state index contributed by atoms with van der Waals surface area (Å²) in [4.78, 5) is 12.0. The first kappa shape index (κ1) is 16.4. The van der Waals surface area contributed by atoms with Crippen molar-refractivity contribution in [2.75, 3.05) is 33.4 Å². The number of carbonyl (C=O) groups is 1. The van der Waals surface area contributed by atoms with E-state index in [4.69, 9.17) is 4.74 Å². The zero-order valence-corrected chi connectivity index (χ0v) is 12.1. The number of nitrogens with zero attached hydrogens (tertiary/aromatic N) is 1. The van der Waals surface area contributed by atoms with E-state index in [1.807, 2.05) is 12.1 Å². The maximum absolute atomic E-state index is 12.0. The summed E-state index contributed by atoms with van der Waals surface area (Å²) in [5.74, 6) is -0.0941. The Hall–Kier alpha value is -1.63. The van der Waals surface area contributed by atoms with Crippen LogP contribution in [0.15, 0.2) is 24.4 Å². The van der Waals surface area contributed by atoms with Gasteiger partial charge in [0.1, 0.15) is 0 Å². The molecule has 1 amide bonds. The minimum Gasteiger partial charge on any atom is -0.383 e. The largest absolute Gasteiger partial charge is 0.383 e. The van der Waals surface area contributed by atoms with E-state index < -0.39 is 0 Å². The standard InChI is InChI=1S/C13H18N4O2.ClH/c1-19-8-7-14-5-6-15-13(18)11-4-2-3-10-9-16-17-12(10)11;/h2-4,9,14H,5-8H2,1H3,(H,15,18)(H,16,17);1H. The lowest BCUT2D eigenvalue weighted by Crippen LogP contribution is -2.33. The van der Waals surface area contributed by atoms with Gasteiger partial charge in [-0.1, -0.05) is 12.1 Å². The number of halogens is 1. The van der Waals surface area contributed by atoms with E-state index in [9.17, 15) is 4.79 Å². The molecule has 0 atom stereocenters. The van der Waals surface area contributed by atoms with Gasteiger partial charge in [-0.2, -0.15) is 5.10 Å². The highest BCUT2D eigenvalue weighted by Gasteiger charge is 2.10. The number of methoxy groups -OCH3 is 1. The van der Waals surface area contributed by atoms with E-state index in [0.29, 0.717) is 25.3 Å². The van der Waals surface area contributed by atoms with Crippen LogP contribution in [0.2, 0.25) is 0 Å². The molecule has 0 bridgehead atoms. The summed E-state index contributed by atoms with van der Waals surface area (Å²) >= 11 is 0. The van der Waals surface area contributed by atoms with Gasteiger partial charge in [0.15, 0.2) is 0 Å². The molecule has 6 nitrogen and oxygen atoms in total. The van der Waals surface area contributed by atoms with Crippen molar-refractivity contribution in [1.29, 1.82) is 0 Å². The zero-order valence-electron chi connectivity index (χ0n) is 11.3. The molecule has 0 aliphatic rings. The molecule has 20 heavy (non-hydrogen) atoms. The summed E-state index contributed by atoms with van der Waals surface area (Å²) in [5.41, 5.74) is 1.39. The van der Waals surface area contributed by atoms with Crippen LogP contribution in [-0.4, -0.2) is 49.5 Å². The van der Waals surface area contributed by atoms with Crippen LogP contribution in [0, 0.1) is 0 Å². The predicted octanol–water partition coefficient (Wildman–Crippen LogP) is 0.950. The molecule has 1 aromatic carbocycles. The van der Waals surface area contributed by atoms with Gasteiger partial charge in [0.25, 0.3) is 5.91 Å². The van der Waals surface area contributed by atoms with E-state index in [1.165, 1.54) is 0 Å². The molecule has 0 saturated carbocycles. The molecule has 3 N–H and O–H groups in total. The lowest BCUT2D eigenvalue weighted by atomic mass is 10.1. The number of ether oxygens (including phenoxy) is 1. The molecule has 0 aliphatic carbocycles. The second-order valence-corrected chi connectivity index (χ2v) is 4.14. The van der Waals surface area contributed by atoms with Crippen molar-refractivity contribution < 1.29 is 9.53 Å². The number of aromatic nitrogens is 2. The van der Waals surface area contributed by atoms with Crippen molar-refractivity contribution in [1.82, 2.24) is 20.8 Å². The number of rotatable bonds is 7. The van der Waals surface area contributed by atoms with Gasteiger partial charge < -0.3 is 15.4 Å². The van der Waals surface area contributed by atoms with Crippen LogP contribution < -0.4 is 10.6 Å². The van der Waals surface area contributed by atoms with Crippen LogP contribution in [0.5, 0.6) is 0 Å². The molecule has 2 aromatic rings. The van der Waals surface area contributed by atoms with Gasteiger partial charge in [0.2, 0.25) is 0 Å². The van der Waals surface area contributed by atoms with Crippen LogP contribution in [0.1, 0.15) is 10.4 Å². The van der Waals surface area contributed by atoms with Gasteiger partial charge in [-0.3, -0.25) is 9.89 Å². The fourth-order valence-electron chi connectivity index (χ4n) is 1.82. The first-order chi connectivity index (χ1) is 9.33. The summed E-state index contributed by atoms with van der Waals surface area (Å²) in [7, 11) is 1.66. The number of carbonyl (C=O) groups excluding carboxylic acids is 1. The molecule has 2 rings (SSSR count). The number of hydrogen-bond acceptors (Lipinski definition) is 4. The molecule has 0 spiro atoms. The topological polar surface area (TPSA) is 79.0 Å². The Morgan fingerprint density at radius 2 is 2.20 bits per heavy atom. The molecule has 0 radical (unpaired) electrons. The molecule has 110 valence electrons. The Morgan fingerprint density at radius 1 is 1.35 bits per heavy atom. The minimum absolute atomic E-state index is 0. The van der Waals surface area contributed by atoms with Crippen molar-refractivity contribution in [2.24, 2.45) is 0 Å². The van der Waals surface area contributed by atoms with Gasteiger partial charge in [0.05, 0.1) is 23.9 Å². The molecule has 0 fully saturated rings. The Kier molecular flexibility index (Phi) is 7.00. The predicted molar refractivity (Wildman–Crippen MR) is 80.4 cm³/mol. The third kappa shape index (κ3) is 4.19. The highest BCUT2D eigenvalue weighted by Crippen LogP contribution is 2.14. The second-order valence-electron chi connectivity index (χ2n) is 4.14. The average molecular weight is 299 g/mol. The highest BCUT2D eigenvalue weighted by atomic mass is 35.5. The molecule has 0 unspecified atom stereocenters. The number of H-pyrrole nitrogens is 1. The number of benzene rings is 1. The van der Waals surface area contributed by atoms with Crippen LogP contribution in [-0.2, 0) is 4.74 Å². The summed E-state index contributed by atoms with van der Waals surface area (Å²) in [6.45, 7) is 2.74. The van der Waals surface area contributed by atoms with Gasteiger partial charge in [0, 0.05) is 32.1 Å².